The molecule has 0 saturated carbocycles. The number of nitrogens with zero attached hydrogens (tertiary/aromatic N) is 1. The van der Waals surface area contributed by atoms with Gasteiger partial charge in [-0.25, -0.2) is 0 Å². The lowest BCUT2D eigenvalue weighted by Crippen LogP contribution is -2.38. The van der Waals surface area contributed by atoms with Crippen molar-refractivity contribution in [2.24, 2.45) is 0 Å². The van der Waals surface area contributed by atoms with Crippen LogP contribution in [0.3, 0.4) is 0 Å². The predicted octanol–water partition coefficient (Wildman–Crippen LogP) is 3.85. The van der Waals surface area contributed by atoms with E-state index in [-0.39, 0.29) is 18.4 Å². The molecule has 124 valence electrons. The van der Waals surface area contributed by atoms with E-state index >= 15 is 0 Å². The number of likely N-dealkylation sites (tertiary alicyclic amines) is 1. The highest BCUT2D eigenvalue weighted by atomic mass is 35.5. The van der Waals surface area contributed by atoms with E-state index in [2.05, 4.69) is 11.8 Å². The van der Waals surface area contributed by atoms with Crippen LogP contribution in [0, 0.1) is 0 Å². The van der Waals surface area contributed by atoms with Crippen molar-refractivity contribution >= 4 is 18.4 Å². The normalized spacial score (nSPS) is 18.5. The van der Waals surface area contributed by atoms with Crippen LogP contribution in [0.4, 0.5) is 0 Å². The summed E-state index contributed by atoms with van der Waals surface area (Å²) in [5, 5.41) is 0. The third-order valence-corrected chi connectivity index (χ3v) is 4.25. The highest BCUT2D eigenvalue weighted by Crippen LogP contribution is 2.16. The quantitative estimate of drug-likeness (QED) is 0.563. The number of halogens is 1. The second-order valence-electron chi connectivity index (χ2n) is 5.94. The maximum Gasteiger partial charge on any atom is 0.306 e. The number of rotatable bonds is 7. The standard InChI is InChI=1S/C18H27NO2.ClH/c1-16-8-5-6-13-19(16)14-7-15-21-18(20)12-11-17-9-3-2-4-10-17;/h2-4,9-10,16H,5-8,11-15H2,1H3;1H. The summed E-state index contributed by atoms with van der Waals surface area (Å²) in [6.45, 7) is 5.10. The summed E-state index contributed by atoms with van der Waals surface area (Å²) in [5.41, 5.74) is 1.19. The lowest BCUT2D eigenvalue weighted by molar-refractivity contribution is -0.143. The Kier molecular flexibility index (Phi) is 9.17. The average molecular weight is 326 g/mol. The van der Waals surface area contributed by atoms with Gasteiger partial charge >= 0.3 is 5.97 Å². The monoisotopic (exact) mass is 325 g/mol. The van der Waals surface area contributed by atoms with Crippen molar-refractivity contribution in [1.29, 1.82) is 0 Å². The van der Waals surface area contributed by atoms with Crippen molar-refractivity contribution in [2.75, 3.05) is 19.7 Å². The average Bonchev–Trinajstić information content (AvgIpc) is 2.52. The van der Waals surface area contributed by atoms with E-state index in [0.29, 0.717) is 19.1 Å². The van der Waals surface area contributed by atoms with Gasteiger partial charge in [0.05, 0.1) is 6.61 Å². The molecule has 0 aromatic heterocycles. The number of ether oxygens (including phenoxy) is 1. The highest BCUT2D eigenvalue weighted by Gasteiger charge is 2.17. The van der Waals surface area contributed by atoms with E-state index in [1.165, 1.54) is 31.4 Å². The summed E-state index contributed by atoms with van der Waals surface area (Å²) < 4.78 is 5.32. The third-order valence-electron chi connectivity index (χ3n) is 4.25. The zero-order valence-corrected chi connectivity index (χ0v) is 14.3. The Bertz CT molecular complexity index is 424. The van der Waals surface area contributed by atoms with Gasteiger partial charge in [0.15, 0.2) is 0 Å². The number of hydrogen-bond acceptors (Lipinski definition) is 3. The van der Waals surface area contributed by atoms with Crippen LogP contribution in [0.2, 0.25) is 0 Å². The lowest BCUT2D eigenvalue weighted by Gasteiger charge is -2.33. The topological polar surface area (TPSA) is 29.5 Å². The molecule has 0 N–H and O–H groups in total. The molecule has 0 amide bonds. The van der Waals surface area contributed by atoms with Crippen molar-refractivity contribution in [3.8, 4) is 0 Å². The first-order valence-electron chi connectivity index (χ1n) is 8.19. The van der Waals surface area contributed by atoms with Crippen molar-refractivity contribution in [1.82, 2.24) is 4.90 Å². The summed E-state index contributed by atoms with van der Waals surface area (Å²) in [6.07, 6.45) is 6.15. The molecule has 0 aliphatic carbocycles. The van der Waals surface area contributed by atoms with Gasteiger partial charge in [-0.05, 0) is 44.7 Å². The molecular formula is C18H28ClNO2. The molecule has 0 bridgehead atoms. The Morgan fingerprint density at radius 1 is 1.27 bits per heavy atom. The van der Waals surface area contributed by atoms with Gasteiger partial charge in [0, 0.05) is 19.0 Å². The Morgan fingerprint density at radius 3 is 2.77 bits per heavy atom. The zero-order valence-electron chi connectivity index (χ0n) is 13.5. The summed E-state index contributed by atoms with van der Waals surface area (Å²) in [4.78, 5) is 14.2. The number of benzene rings is 1. The molecule has 1 aromatic carbocycles. The molecule has 2 rings (SSSR count). The fourth-order valence-corrected chi connectivity index (χ4v) is 2.91. The first kappa shape index (κ1) is 19.0. The Morgan fingerprint density at radius 2 is 2.05 bits per heavy atom. The summed E-state index contributed by atoms with van der Waals surface area (Å²) in [5.74, 6) is -0.0782. The molecule has 1 heterocycles. The van der Waals surface area contributed by atoms with Crippen molar-refractivity contribution in [2.45, 2.75) is 51.5 Å². The number of esters is 1. The number of carbonyl (C=O) groups is 1. The fourth-order valence-electron chi connectivity index (χ4n) is 2.91. The first-order chi connectivity index (χ1) is 10.3. The molecular weight excluding hydrogens is 298 g/mol. The maximum atomic E-state index is 11.7. The van der Waals surface area contributed by atoms with Crippen LogP contribution in [-0.4, -0.2) is 36.6 Å². The summed E-state index contributed by atoms with van der Waals surface area (Å²) in [6, 6.07) is 10.8. The SMILES string of the molecule is CC1CCCCN1CCCOC(=O)CCc1ccccc1.Cl. The fraction of sp³-hybridized carbons (Fsp3) is 0.611. The van der Waals surface area contributed by atoms with E-state index in [9.17, 15) is 4.79 Å². The Labute approximate surface area is 140 Å². The van der Waals surface area contributed by atoms with Gasteiger partial charge in [-0.2, -0.15) is 0 Å². The van der Waals surface area contributed by atoms with E-state index < -0.39 is 0 Å². The van der Waals surface area contributed by atoms with Gasteiger partial charge in [0.2, 0.25) is 0 Å². The zero-order chi connectivity index (χ0) is 14.9. The number of aryl methyl sites for hydroxylation is 1. The summed E-state index contributed by atoms with van der Waals surface area (Å²) >= 11 is 0. The third kappa shape index (κ3) is 6.80. The number of piperidine rings is 1. The molecule has 4 heteroatoms. The van der Waals surface area contributed by atoms with Crippen LogP contribution < -0.4 is 0 Å². The van der Waals surface area contributed by atoms with Gasteiger partial charge in [-0.15, -0.1) is 12.4 Å². The minimum Gasteiger partial charge on any atom is -0.466 e. The number of carbonyl (C=O) groups excluding carboxylic acids is 1. The van der Waals surface area contributed by atoms with Crippen LogP contribution in [0.25, 0.3) is 0 Å². The smallest absolute Gasteiger partial charge is 0.306 e. The Balaban J connectivity index is 0.00000242. The molecule has 1 aromatic rings. The van der Waals surface area contributed by atoms with E-state index in [4.69, 9.17) is 4.74 Å². The largest absolute Gasteiger partial charge is 0.466 e. The van der Waals surface area contributed by atoms with E-state index in [0.717, 1.165) is 19.4 Å². The van der Waals surface area contributed by atoms with Crippen LogP contribution >= 0.6 is 12.4 Å². The van der Waals surface area contributed by atoms with Crippen molar-refractivity contribution in [3.63, 3.8) is 0 Å². The van der Waals surface area contributed by atoms with E-state index in [1.54, 1.807) is 0 Å². The van der Waals surface area contributed by atoms with Crippen molar-refractivity contribution < 1.29 is 9.53 Å². The minimum absolute atomic E-state index is 0. The molecule has 1 saturated heterocycles. The molecule has 22 heavy (non-hydrogen) atoms. The highest BCUT2D eigenvalue weighted by molar-refractivity contribution is 5.85. The van der Waals surface area contributed by atoms with Crippen LogP contribution in [0.5, 0.6) is 0 Å². The van der Waals surface area contributed by atoms with Gasteiger partial charge in [0.25, 0.3) is 0 Å². The molecule has 0 radical (unpaired) electrons. The minimum atomic E-state index is -0.0782. The maximum absolute atomic E-state index is 11.7. The lowest BCUT2D eigenvalue weighted by atomic mass is 10.0. The van der Waals surface area contributed by atoms with Crippen molar-refractivity contribution in [3.05, 3.63) is 35.9 Å². The van der Waals surface area contributed by atoms with Gasteiger partial charge in [0.1, 0.15) is 0 Å². The molecule has 1 atom stereocenters. The van der Waals surface area contributed by atoms with Crippen LogP contribution in [0.15, 0.2) is 30.3 Å². The Hall–Kier alpha value is -1.06. The van der Waals surface area contributed by atoms with Crippen LogP contribution in [0.1, 0.15) is 44.6 Å². The van der Waals surface area contributed by atoms with Crippen LogP contribution in [-0.2, 0) is 16.0 Å². The predicted molar refractivity (Wildman–Crippen MR) is 92.5 cm³/mol. The first-order valence-corrected chi connectivity index (χ1v) is 8.19. The van der Waals surface area contributed by atoms with Gasteiger partial charge in [-0.1, -0.05) is 36.8 Å². The molecule has 1 aliphatic heterocycles. The molecule has 3 nitrogen and oxygen atoms in total. The second kappa shape index (κ2) is 10.6. The molecule has 1 aliphatic rings. The number of hydrogen-bond donors (Lipinski definition) is 0. The van der Waals surface area contributed by atoms with Gasteiger partial charge in [-0.3, -0.25) is 4.79 Å². The summed E-state index contributed by atoms with van der Waals surface area (Å²) in [7, 11) is 0. The molecule has 1 fully saturated rings. The van der Waals surface area contributed by atoms with E-state index in [1.807, 2.05) is 30.3 Å². The molecule has 0 spiro atoms. The second-order valence-corrected chi connectivity index (χ2v) is 5.94. The molecule has 1 unspecified atom stereocenters. The van der Waals surface area contributed by atoms with Gasteiger partial charge < -0.3 is 9.64 Å².